The smallest absolute Gasteiger partial charge is 0.321 e. The minimum atomic E-state index is -0.865. The van der Waals surface area contributed by atoms with E-state index in [9.17, 15) is 9.59 Å². The van der Waals surface area contributed by atoms with E-state index in [0.29, 0.717) is 36.0 Å². The Morgan fingerprint density at radius 3 is 2.86 bits per heavy atom. The summed E-state index contributed by atoms with van der Waals surface area (Å²) in [5.41, 5.74) is 0.553. The molecule has 120 valence electrons. The number of nitrogens with zero attached hydrogens (tertiary/aromatic N) is 1. The van der Waals surface area contributed by atoms with Gasteiger partial charge in [0.2, 0.25) is 0 Å². The van der Waals surface area contributed by atoms with E-state index in [2.05, 4.69) is 5.32 Å². The maximum absolute atomic E-state index is 12.1. The Labute approximate surface area is 134 Å². The van der Waals surface area contributed by atoms with Crippen LogP contribution in [0.2, 0.25) is 5.02 Å². The van der Waals surface area contributed by atoms with Gasteiger partial charge in [-0.15, -0.1) is 0 Å². The molecule has 0 saturated carbocycles. The van der Waals surface area contributed by atoms with Crippen molar-refractivity contribution in [3.05, 3.63) is 23.2 Å². The summed E-state index contributed by atoms with van der Waals surface area (Å²) in [4.78, 5) is 24.5. The number of aliphatic carboxylic acids is 1. The third-order valence-electron chi connectivity index (χ3n) is 3.47. The summed E-state index contributed by atoms with van der Waals surface area (Å²) in [6.45, 7) is 3.25. The number of carboxylic acids is 1. The van der Waals surface area contributed by atoms with Gasteiger partial charge in [0.05, 0.1) is 17.5 Å². The Bertz CT molecular complexity index is 564. The second kappa shape index (κ2) is 7.35. The molecule has 1 aromatic rings. The summed E-state index contributed by atoms with van der Waals surface area (Å²) in [6, 6.07) is 4.72. The number of hydrogen-bond donors (Lipinski definition) is 2. The first-order chi connectivity index (χ1) is 10.5. The summed E-state index contributed by atoms with van der Waals surface area (Å²) >= 11 is 6.11. The van der Waals surface area contributed by atoms with Crippen LogP contribution in [0.15, 0.2) is 18.2 Å². The number of carboxylic acid groups (broad SMARTS) is 1. The Hall–Kier alpha value is -1.95. The molecule has 6 nitrogen and oxygen atoms in total. The van der Waals surface area contributed by atoms with E-state index in [4.69, 9.17) is 21.4 Å². The fourth-order valence-electron chi connectivity index (χ4n) is 2.26. The van der Waals surface area contributed by atoms with Gasteiger partial charge >= 0.3 is 12.0 Å². The first kappa shape index (κ1) is 16.4. The van der Waals surface area contributed by atoms with Crippen molar-refractivity contribution in [3.8, 4) is 5.75 Å². The number of carbonyl (C=O) groups excluding carboxylic acids is 1. The number of urea groups is 1. The van der Waals surface area contributed by atoms with Gasteiger partial charge in [-0.2, -0.15) is 0 Å². The normalized spacial score (nSPS) is 17.4. The Morgan fingerprint density at radius 1 is 1.50 bits per heavy atom. The average Bonchev–Trinajstić information content (AvgIpc) is 2.96. The van der Waals surface area contributed by atoms with Crippen molar-refractivity contribution in [1.29, 1.82) is 0 Å². The zero-order chi connectivity index (χ0) is 16.1. The van der Waals surface area contributed by atoms with Crippen molar-refractivity contribution < 1.29 is 19.4 Å². The number of ether oxygens (including phenoxy) is 1. The van der Waals surface area contributed by atoms with E-state index in [-0.39, 0.29) is 12.6 Å². The molecule has 1 heterocycles. The summed E-state index contributed by atoms with van der Waals surface area (Å²) in [6.07, 6.45) is 1.36. The van der Waals surface area contributed by atoms with Gasteiger partial charge < -0.3 is 20.1 Å². The minimum absolute atomic E-state index is 0.229. The highest BCUT2D eigenvalue weighted by Crippen LogP contribution is 2.28. The van der Waals surface area contributed by atoms with E-state index >= 15 is 0 Å². The first-order valence-corrected chi connectivity index (χ1v) is 7.60. The molecule has 22 heavy (non-hydrogen) atoms. The largest absolute Gasteiger partial charge is 0.492 e. The number of anilines is 1. The Balaban J connectivity index is 1.94. The van der Waals surface area contributed by atoms with Gasteiger partial charge in [0.1, 0.15) is 5.75 Å². The molecule has 2 rings (SSSR count). The van der Waals surface area contributed by atoms with Crippen LogP contribution in [-0.4, -0.2) is 41.7 Å². The summed E-state index contributed by atoms with van der Waals surface area (Å²) in [7, 11) is 0. The molecule has 7 heteroatoms. The number of benzene rings is 1. The lowest BCUT2D eigenvalue weighted by molar-refractivity contribution is -0.141. The van der Waals surface area contributed by atoms with Gasteiger partial charge in [0.15, 0.2) is 0 Å². The van der Waals surface area contributed by atoms with Gasteiger partial charge in [0, 0.05) is 18.8 Å². The topological polar surface area (TPSA) is 78.9 Å². The number of likely N-dealkylation sites (tertiary alicyclic amines) is 1. The van der Waals surface area contributed by atoms with Crippen LogP contribution in [0.4, 0.5) is 10.5 Å². The van der Waals surface area contributed by atoms with E-state index in [1.54, 1.807) is 18.2 Å². The summed E-state index contributed by atoms with van der Waals surface area (Å²) in [5.74, 6) is -0.774. The van der Waals surface area contributed by atoms with Gasteiger partial charge in [-0.3, -0.25) is 4.79 Å². The highest BCUT2D eigenvalue weighted by molar-refractivity contribution is 6.32. The second-order valence-corrected chi connectivity index (χ2v) is 5.60. The predicted molar refractivity (Wildman–Crippen MR) is 83.6 cm³/mol. The van der Waals surface area contributed by atoms with Crippen LogP contribution in [0.3, 0.4) is 0 Å². The monoisotopic (exact) mass is 326 g/mol. The van der Waals surface area contributed by atoms with Gasteiger partial charge in [-0.1, -0.05) is 18.5 Å². The third kappa shape index (κ3) is 4.04. The highest BCUT2D eigenvalue weighted by Gasteiger charge is 2.30. The third-order valence-corrected chi connectivity index (χ3v) is 3.76. The van der Waals surface area contributed by atoms with Crippen LogP contribution in [0.25, 0.3) is 0 Å². The molecule has 1 aliphatic rings. The maximum Gasteiger partial charge on any atom is 0.321 e. The van der Waals surface area contributed by atoms with E-state index in [1.165, 1.54) is 4.90 Å². The zero-order valence-electron chi connectivity index (χ0n) is 12.3. The van der Waals surface area contributed by atoms with Crippen molar-refractivity contribution in [2.24, 2.45) is 5.92 Å². The lowest BCUT2D eigenvalue weighted by Crippen LogP contribution is -2.33. The van der Waals surface area contributed by atoms with Gasteiger partial charge in [-0.05, 0) is 31.0 Å². The number of halogens is 1. The minimum Gasteiger partial charge on any atom is -0.492 e. The molecule has 1 fully saturated rings. The lowest BCUT2D eigenvalue weighted by atomic mass is 10.1. The molecule has 0 bridgehead atoms. The van der Waals surface area contributed by atoms with Crippen molar-refractivity contribution in [2.45, 2.75) is 19.8 Å². The van der Waals surface area contributed by atoms with Crippen molar-refractivity contribution in [1.82, 2.24) is 4.90 Å². The molecule has 1 saturated heterocycles. The number of hydrogen-bond acceptors (Lipinski definition) is 3. The molecule has 0 aliphatic carbocycles. The van der Waals surface area contributed by atoms with Crippen LogP contribution >= 0.6 is 11.6 Å². The molecule has 2 N–H and O–H groups in total. The zero-order valence-corrected chi connectivity index (χ0v) is 13.1. The Kier molecular flexibility index (Phi) is 5.49. The molecule has 0 aromatic heterocycles. The van der Waals surface area contributed by atoms with Gasteiger partial charge in [-0.25, -0.2) is 4.79 Å². The standard InChI is InChI=1S/C15H19ClN2O4/c1-2-7-22-13-4-3-11(8-12(13)16)17-15(21)18-6-5-10(9-18)14(19)20/h3-4,8,10H,2,5-7,9H2,1H3,(H,17,21)(H,19,20). The number of nitrogens with one attached hydrogen (secondary N) is 1. The van der Waals surface area contributed by atoms with E-state index in [1.807, 2.05) is 6.92 Å². The van der Waals surface area contributed by atoms with Crippen LogP contribution < -0.4 is 10.1 Å². The van der Waals surface area contributed by atoms with E-state index < -0.39 is 11.9 Å². The van der Waals surface area contributed by atoms with Crippen molar-refractivity contribution in [2.75, 3.05) is 25.0 Å². The molecular weight excluding hydrogens is 308 g/mol. The molecular formula is C15H19ClN2O4. The lowest BCUT2D eigenvalue weighted by Gasteiger charge is -2.17. The fraction of sp³-hybridized carbons (Fsp3) is 0.467. The maximum atomic E-state index is 12.1. The fourth-order valence-corrected chi connectivity index (χ4v) is 2.49. The van der Waals surface area contributed by atoms with Gasteiger partial charge in [0.25, 0.3) is 0 Å². The van der Waals surface area contributed by atoms with Crippen molar-refractivity contribution in [3.63, 3.8) is 0 Å². The quantitative estimate of drug-likeness (QED) is 0.871. The number of rotatable bonds is 5. The van der Waals surface area contributed by atoms with Crippen LogP contribution in [0, 0.1) is 5.92 Å². The summed E-state index contributed by atoms with van der Waals surface area (Å²) < 4.78 is 5.47. The van der Waals surface area contributed by atoms with Crippen LogP contribution in [0.5, 0.6) is 5.75 Å². The molecule has 0 spiro atoms. The number of carbonyl (C=O) groups is 2. The molecule has 1 unspecified atom stereocenters. The predicted octanol–water partition coefficient (Wildman–Crippen LogP) is 3.07. The van der Waals surface area contributed by atoms with Crippen LogP contribution in [0.1, 0.15) is 19.8 Å². The molecule has 2 amide bonds. The highest BCUT2D eigenvalue weighted by atomic mass is 35.5. The number of amides is 2. The van der Waals surface area contributed by atoms with Crippen molar-refractivity contribution >= 4 is 29.3 Å². The average molecular weight is 327 g/mol. The molecule has 0 radical (unpaired) electrons. The first-order valence-electron chi connectivity index (χ1n) is 7.22. The summed E-state index contributed by atoms with van der Waals surface area (Å²) in [5, 5.41) is 12.1. The Morgan fingerprint density at radius 2 is 2.27 bits per heavy atom. The van der Waals surface area contributed by atoms with Crippen LogP contribution in [-0.2, 0) is 4.79 Å². The van der Waals surface area contributed by atoms with E-state index in [0.717, 1.165) is 6.42 Å². The molecule has 1 atom stereocenters. The SMILES string of the molecule is CCCOc1ccc(NC(=O)N2CCC(C(=O)O)C2)cc1Cl. The second-order valence-electron chi connectivity index (χ2n) is 5.19. The molecule has 1 aliphatic heterocycles. The molecule has 1 aromatic carbocycles.